The molecule has 3 rings (SSSR count). The number of aromatic nitrogens is 3. The van der Waals surface area contributed by atoms with Crippen LogP contribution < -0.4 is 0 Å². The Hall–Kier alpha value is -1.12. The average Bonchev–Trinajstić information content (AvgIpc) is 3.01. The third-order valence-corrected chi connectivity index (χ3v) is 5.74. The predicted octanol–water partition coefficient (Wildman–Crippen LogP) is 1.11. The number of ether oxygens (including phenoxy) is 1. The number of amides is 1. The van der Waals surface area contributed by atoms with E-state index >= 15 is 0 Å². The number of carbonyl (C=O) groups excluding carboxylic acids is 1. The first-order chi connectivity index (χ1) is 12.2. The summed E-state index contributed by atoms with van der Waals surface area (Å²) >= 11 is 1.73. The number of piperidine rings is 1. The van der Waals surface area contributed by atoms with Crippen molar-refractivity contribution in [3.63, 3.8) is 0 Å². The molecule has 1 atom stereocenters. The van der Waals surface area contributed by atoms with Crippen molar-refractivity contribution < 1.29 is 9.53 Å². The van der Waals surface area contributed by atoms with E-state index in [1.807, 2.05) is 11.2 Å². The Morgan fingerprint density at radius 2 is 2.08 bits per heavy atom. The maximum absolute atomic E-state index is 12.3. The Labute approximate surface area is 154 Å². The monoisotopic (exact) mass is 367 g/mol. The van der Waals surface area contributed by atoms with E-state index in [2.05, 4.69) is 26.7 Å². The molecule has 0 aliphatic carbocycles. The molecule has 25 heavy (non-hydrogen) atoms. The Bertz CT molecular complexity index is 573. The Morgan fingerprint density at radius 3 is 2.84 bits per heavy atom. The largest absolute Gasteiger partial charge is 0.379 e. The van der Waals surface area contributed by atoms with Crippen molar-refractivity contribution >= 4 is 17.7 Å². The molecule has 8 heteroatoms. The lowest BCUT2D eigenvalue weighted by Crippen LogP contribution is -2.40. The van der Waals surface area contributed by atoms with Crippen LogP contribution >= 0.6 is 11.8 Å². The van der Waals surface area contributed by atoms with Gasteiger partial charge in [-0.15, -0.1) is 10.2 Å². The highest BCUT2D eigenvalue weighted by atomic mass is 32.2. The minimum Gasteiger partial charge on any atom is -0.379 e. The highest BCUT2D eigenvalue weighted by molar-refractivity contribution is 7.98. The Morgan fingerprint density at radius 1 is 1.28 bits per heavy atom. The zero-order chi connectivity index (χ0) is 17.6. The second kappa shape index (κ2) is 9.00. The van der Waals surface area contributed by atoms with E-state index in [1.54, 1.807) is 11.8 Å². The van der Waals surface area contributed by atoms with Crippen molar-refractivity contribution in [3.8, 4) is 0 Å². The van der Waals surface area contributed by atoms with Gasteiger partial charge in [0.1, 0.15) is 11.6 Å². The molecule has 1 aromatic heterocycles. The fourth-order valence-corrected chi connectivity index (χ4v) is 3.97. The lowest BCUT2D eigenvalue weighted by molar-refractivity contribution is -0.132. The molecule has 0 bridgehead atoms. The van der Waals surface area contributed by atoms with Crippen LogP contribution in [0.25, 0.3) is 0 Å². The van der Waals surface area contributed by atoms with Gasteiger partial charge in [0.05, 0.1) is 19.8 Å². The molecule has 3 heterocycles. The minimum atomic E-state index is 0.273. The molecule has 2 fully saturated rings. The molecular formula is C17H29N5O2S. The molecule has 1 amide bonds. The van der Waals surface area contributed by atoms with E-state index in [-0.39, 0.29) is 5.91 Å². The standard InChI is InChI=1S/C17H29N5O2S/c1-20-15(13-21-7-9-24-10-8-21)18-19-17(20)14-4-3-6-22(12-14)16(23)5-11-25-2/h14H,3-13H2,1-2H3/t14-/m1/s1. The zero-order valence-electron chi connectivity index (χ0n) is 15.3. The molecule has 1 aromatic rings. The summed E-state index contributed by atoms with van der Waals surface area (Å²) in [5.41, 5.74) is 0. The molecule has 7 nitrogen and oxygen atoms in total. The van der Waals surface area contributed by atoms with E-state index in [0.717, 1.165) is 76.2 Å². The van der Waals surface area contributed by atoms with Crippen LogP contribution in [-0.4, -0.2) is 81.9 Å². The number of hydrogen-bond donors (Lipinski definition) is 0. The van der Waals surface area contributed by atoms with Gasteiger partial charge in [-0.1, -0.05) is 0 Å². The van der Waals surface area contributed by atoms with Crippen LogP contribution in [0.4, 0.5) is 0 Å². The van der Waals surface area contributed by atoms with Crippen molar-refractivity contribution in [1.82, 2.24) is 24.6 Å². The van der Waals surface area contributed by atoms with E-state index in [0.29, 0.717) is 12.3 Å². The Kier molecular flexibility index (Phi) is 6.72. The van der Waals surface area contributed by atoms with E-state index in [4.69, 9.17) is 4.74 Å². The molecule has 2 saturated heterocycles. The summed E-state index contributed by atoms with van der Waals surface area (Å²) in [6, 6.07) is 0. The fourth-order valence-electron chi connectivity index (χ4n) is 3.59. The smallest absolute Gasteiger partial charge is 0.223 e. The minimum absolute atomic E-state index is 0.273. The van der Waals surface area contributed by atoms with Gasteiger partial charge in [0.2, 0.25) is 5.91 Å². The van der Waals surface area contributed by atoms with Crippen LogP contribution in [0, 0.1) is 0 Å². The first kappa shape index (κ1) is 18.7. The van der Waals surface area contributed by atoms with E-state index in [1.165, 1.54) is 0 Å². The zero-order valence-corrected chi connectivity index (χ0v) is 16.1. The number of nitrogens with zero attached hydrogens (tertiary/aromatic N) is 5. The van der Waals surface area contributed by atoms with E-state index in [9.17, 15) is 4.79 Å². The number of morpholine rings is 1. The van der Waals surface area contributed by atoms with Gasteiger partial charge in [0, 0.05) is 51.3 Å². The maximum atomic E-state index is 12.3. The summed E-state index contributed by atoms with van der Waals surface area (Å²) in [7, 11) is 2.06. The van der Waals surface area contributed by atoms with Crippen LogP contribution in [0.1, 0.15) is 36.8 Å². The van der Waals surface area contributed by atoms with Gasteiger partial charge in [-0.2, -0.15) is 11.8 Å². The number of rotatable bonds is 6. The third-order valence-electron chi connectivity index (χ3n) is 5.13. The van der Waals surface area contributed by atoms with Gasteiger partial charge in [-0.3, -0.25) is 9.69 Å². The van der Waals surface area contributed by atoms with Crippen molar-refractivity contribution in [2.75, 3.05) is 51.4 Å². The van der Waals surface area contributed by atoms with Crippen LogP contribution in [0.2, 0.25) is 0 Å². The number of carbonyl (C=O) groups is 1. The lowest BCUT2D eigenvalue weighted by atomic mass is 9.97. The number of thioether (sulfide) groups is 1. The number of likely N-dealkylation sites (tertiary alicyclic amines) is 1. The molecule has 0 saturated carbocycles. The van der Waals surface area contributed by atoms with Crippen LogP contribution in [0.3, 0.4) is 0 Å². The summed E-state index contributed by atoms with van der Waals surface area (Å²) in [6.07, 6.45) is 4.80. The fraction of sp³-hybridized carbons (Fsp3) is 0.824. The third kappa shape index (κ3) is 4.74. The van der Waals surface area contributed by atoms with Crippen molar-refractivity contribution in [2.45, 2.75) is 31.7 Å². The highest BCUT2D eigenvalue weighted by Gasteiger charge is 2.28. The Balaban J connectivity index is 1.62. The summed E-state index contributed by atoms with van der Waals surface area (Å²) in [5.74, 6) is 3.49. The maximum Gasteiger partial charge on any atom is 0.223 e. The van der Waals surface area contributed by atoms with Crippen LogP contribution in [0.15, 0.2) is 0 Å². The summed E-state index contributed by atoms with van der Waals surface area (Å²) < 4.78 is 7.54. The SMILES string of the molecule is CSCCC(=O)N1CCC[C@@H](c2nnc(CN3CCOCC3)n2C)C1. The average molecular weight is 368 g/mol. The summed E-state index contributed by atoms with van der Waals surface area (Å²) in [6.45, 7) is 5.95. The molecule has 0 spiro atoms. The first-order valence-electron chi connectivity index (χ1n) is 9.14. The van der Waals surface area contributed by atoms with Gasteiger partial charge in [-0.05, 0) is 19.1 Å². The molecular weight excluding hydrogens is 338 g/mol. The van der Waals surface area contributed by atoms with Gasteiger partial charge in [0.15, 0.2) is 0 Å². The molecule has 2 aliphatic heterocycles. The quantitative estimate of drug-likeness (QED) is 0.750. The molecule has 0 aromatic carbocycles. The van der Waals surface area contributed by atoms with Gasteiger partial charge in [0.25, 0.3) is 0 Å². The van der Waals surface area contributed by atoms with Gasteiger partial charge < -0.3 is 14.2 Å². The van der Waals surface area contributed by atoms with E-state index < -0.39 is 0 Å². The summed E-state index contributed by atoms with van der Waals surface area (Å²) in [5, 5.41) is 8.90. The first-order valence-corrected chi connectivity index (χ1v) is 10.5. The van der Waals surface area contributed by atoms with Crippen LogP contribution in [-0.2, 0) is 23.1 Å². The molecule has 0 radical (unpaired) electrons. The van der Waals surface area contributed by atoms with Crippen molar-refractivity contribution in [2.24, 2.45) is 7.05 Å². The second-order valence-corrected chi connectivity index (χ2v) is 7.83. The summed E-state index contributed by atoms with van der Waals surface area (Å²) in [4.78, 5) is 16.7. The predicted molar refractivity (Wildman–Crippen MR) is 98.7 cm³/mol. The molecule has 140 valence electrons. The molecule has 0 N–H and O–H groups in total. The van der Waals surface area contributed by atoms with Crippen molar-refractivity contribution in [3.05, 3.63) is 11.6 Å². The molecule has 0 unspecified atom stereocenters. The lowest BCUT2D eigenvalue weighted by Gasteiger charge is -2.32. The van der Waals surface area contributed by atoms with Gasteiger partial charge >= 0.3 is 0 Å². The molecule has 2 aliphatic rings. The second-order valence-electron chi connectivity index (χ2n) is 6.84. The van der Waals surface area contributed by atoms with Crippen molar-refractivity contribution in [1.29, 1.82) is 0 Å². The topological polar surface area (TPSA) is 63.5 Å². The normalized spacial score (nSPS) is 22.3. The van der Waals surface area contributed by atoms with Gasteiger partial charge in [-0.25, -0.2) is 0 Å². The highest BCUT2D eigenvalue weighted by Crippen LogP contribution is 2.26. The number of hydrogen-bond acceptors (Lipinski definition) is 6. The van der Waals surface area contributed by atoms with Crippen LogP contribution in [0.5, 0.6) is 0 Å².